The minimum absolute atomic E-state index is 0.0960. The molecule has 2 aromatic rings. The Balaban J connectivity index is 2.13. The van der Waals surface area contributed by atoms with E-state index in [4.69, 9.17) is 5.73 Å². The Labute approximate surface area is 112 Å². The number of nitrogens with two attached hydrogens (primary N) is 1. The highest BCUT2D eigenvalue weighted by atomic mass is 32.2. The monoisotopic (exact) mass is 277 g/mol. The number of nitrogens with zero attached hydrogens (tertiary/aromatic N) is 1. The van der Waals surface area contributed by atoms with Gasteiger partial charge < -0.3 is 5.73 Å². The largest absolute Gasteiger partial charge is 0.399 e. The van der Waals surface area contributed by atoms with Gasteiger partial charge >= 0.3 is 0 Å². The Bertz CT molecular complexity index is 667. The lowest BCUT2D eigenvalue weighted by atomic mass is 10.2. The van der Waals surface area contributed by atoms with E-state index >= 15 is 0 Å². The molecule has 0 atom stereocenters. The van der Waals surface area contributed by atoms with Crippen LogP contribution in [0, 0.1) is 6.92 Å². The zero-order valence-corrected chi connectivity index (χ0v) is 11.3. The van der Waals surface area contributed by atoms with Gasteiger partial charge in [0.05, 0.1) is 17.6 Å². The van der Waals surface area contributed by atoms with Crippen LogP contribution >= 0.6 is 0 Å². The molecule has 1 heterocycles. The van der Waals surface area contributed by atoms with Crippen LogP contribution in [-0.4, -0.2) is 13.4 Å². The minimum Gasteiger partial charge on any atom is -0.399 e. The number of rotatable bonds is 4. The third-order valence-corrected chi connectivity index (χ3v) is 3.74. The van der Waals surface area contributed by atoms with Crippen molar-refractivity contribution in [1.29, 1.82) is 0 Å². The molecular formula is C13H15N3O2S. The number of hydrogen-bond acceptors (Lipinski definition) is 4. The molecule has 6 heteroatoms. The Morgan fingerprint density at radius 3 is 2.53 bits per heavy atom. The van der Waals surface area contributed by atoms with E-state index in [1.807, 2.05) is 6.92 Å². The average Bonchev–Trinajstić information content (AvgIpc) is 2.31. The summed E-state index contributed by atoms with van der Waals surface area (Å²) in [6.45, 7) is 1.85. The Kier molecular flexibility index (Phi) is 3.71. The molecule has 0 radical (unpaired) electrons. The second-order valence-electron chi connectivity index (χ2n) is 4.35. The Morgan fingerprint density at radius 2 is 1.89 bits per heavy atom. The van der Waals surface area contributed by atoms with Crippen LogP contribution in [0.4, 0.5) is 11.4 Å². The first-order chi connectivity index (χ1) is 8.94. The molecule has 0 aliphatic heterocycles. The van der Waals surface area contributed by atoms with Crippen molar-refractivity contribution < 1.29 is 8.42 Å². The maximum Gasteiger partial charge on any atom is 0.236 e. The van der Waals surface area contributed by atoms with Crippen LogP contribution in [0.5, 0.6) is 0 Å². The van der Waals surface area contributed by atoms with Crippen molar-refractivity contribution in [2.45, 2.75) is 12.7 Å². The quantitative estimate of drug-likeness (QED) is 0.836. The molecule has 1 aromatic heterocycles. The number of hydrogen-bond donors (Lipinski definition) is 2. The molecule has 19 heavy (non-hydrogen) atoms. The van der Waals surface area contributed by atoms with E-state index in [0.29, 0.717) is 16.9 Å². The third kappa shape index (κ3) is 3.96. The molecule has 2 rings (SSSR count). The fourth-order valence-corrected chi connectivity index (χ4v) is 2.83. The lowest BCUT2D eigenvalue weighted by Gasteiger charge is -2.08. The fourth-order valence-electron chi connectivity index (χ4n) is 1.66. The molecule has 0 fully saturated rings. The third-order valence-electron chi connectivity index (χ3n) is 2.48. The van der Waals surface area contributed by atoms with Gasteiger partial charge in [0, 0.05) is 11.9 Å². The predicted molar refractivity (Wildman–Crippen MR) is 76.1 cm³/mol. The van der Waals surface area contributed by atoms with Gasteiger partial charge in [-0.2, -0.15) is 0 Å². The number of nitrogen functional groups attached to an aromatic ring is 1. The molecule has 0 spiro atoms. The van der Waals surface area contributed by atoms with Gasteiger partial charge in [-0.05, 0) is 36.2 Å². The maximum atomic E-state index is 12.0. The summed E-state index contributed by atoms with van der Waals surface area (Å²) in [5, 5.41) is 0. The summed E-state index contributed by atoms with van der Waals surface area (Å²) in [5.74, 6) is -0.0960. The van der Waals surface area contributed by atoms with Crippen molar-refractivity contribution in [3.63, 3.8) is 0 Å². The highest BCUT2D eigenvalue weighted by Gasteiger charge is 2.11. The van der Waals surface area contributed by atoms with E-state index in [9.17, 15) is 8.42 Å². The number of sulfonamides is 1. The second-order valence-corrected chi connectivity index (χ2v) is 6.08. The normalized spacial score (nSPS) is 11.2. The number of aryl methyl sites for hydroxylation is 1. The van der Waals surface area contributed by atoms with Crippen molar-refractivity contribution in [3.05, 3.63) is 53.9 Å². The van der Waals surface area contributed by atoms with E-state index in [1.165, 1.54) is 6.20 Å². The van der Waals surface area contributed by atoms with Crippen molar-refractivity contribution in [1.82, 2.24) is 4.98 Å². The summed E-state index contributed by atoms with van der Waals surface area (Å²) < 4.78 is 26.5. The van der Waals surface area contributed by atoms with Crippen molar-refractivity contribution in [3.8, 4) is 0 Å². The molecule has 0 unspecified atom stereocenters. The average molecular weight is 277 g/mol. The maximum absolute atomic E-state index is 12.0. The highest BCUT2D eigenvalue weighted by molar-refractivity contribution is 7.91. The summed E-state index contributed by atoms with van der Waals surface area (Å²) in [7, 11) is -3.45. The predicted octanol–water partition coefficient (Wildman–Crippen LogP) is 1.91. The molecular weight excluding hydrogens is 262 g/mol. The van der Waals surface area contributed by atoms with E-state index in [1.54, 1.807) is 36.5 Å². The molecule has 1 aromatic carbocycles. The summed E-state index contributed by atoms with van der Waals surface area (Å²) in [6, 6.07) is 8.48. The van der Waals surface area contributed by atoms with Crippen LogP contribution in [0.1, 0.15) is 11.1 Å². The van der Waals surface area contributed by atoms with Crippen molar-refractivity contribution >= 4 is 21.4 Å². The first-order valence-corrected chi connectivity index (χ1v) is 7.36. The lowest BCUT2D eigenvalue weighted by molar-refractivity contribution is 0.600. The van der Waals surface area contributed by atoms with E-state index < -0.39 is 10.0 Å². The zero-order chi connectivity index (χ0) is 13.9. The molecule has 0 amide bonds. The topological polar surface area (TPSA) is 85.1 Å². The standard InChI is InChI=1S/C13H15N3O2S/c1-10-6-13(8-15-7-10)16-19(17,18)9-11-2-4-12(14)5-3-11/h2-8,16H,9,14H2,1H3. The SMILES string of the molecule is Cc1cncc(NS(=O)(=O)Cc2ccc(N)cc2)c1. The summed E-state index contributed by atoms with van der Waals surface area (Å²) in [4.78, 5) is 3.94. The van der Waals surface area contributed by atoms with Gasteiger partial charge in [0.2, 0.25) is 10.0 Å². The minimum atomic E-state index is -3.45. The van der Waals surface area contributed by atoms with Gasteiger partial charge in [-0.3, -0.25) is 9.71 Å². The highest BCUT2D eigenvalue weighted by Crippen LogP contribution is 2.14. The fraction of sp³-hybridized carbons (Fsp3) is 0.154. The van der Waals surface area contributed by atoms with E-state index in [0.717, 1.165) is 5.56 Å². The molecule has 3 N–H and O–H groups in total. The van der Waals surface area contributed by atoms with Crippen LogP contribution in [-0.2, 0) is 15.8 Å². The molecule has 0 bridgehead atoms. The van der Waals surface area contributed by atoms with Gasteiger partial charge in [0.1, 0.15) is 0 Å². The zero-order valence-electron chi connectivity index (χ0n) is 10.5. The molecule has 0 aliphatic carbocycles. The van der Waals surface area contributed by atoms with Crippen molar-refractivity contribution in [2.75, 3.05) is 10.5 Å². The van der Waals surface area contributed by atoms with Gasteiger partial charge in [-0.15, -0.1) is 0 Å². The van der Waals surface area contributed by atoms with Crippen LogP contribution < -0.4 is 10.5 Å². The first-order valence-electron chi connectivity index (χ1n) is 5.71. The molecule has 5 nitrogen and oxygen atoms in total. The van der Waals surface area contributed by atoms with Crippen LogP contribution in [0.2, 0.25) is 0 Å². The van der Waals surface area contributed by atoms with Gasteiger partial charge in [-0.1, -0.05) is 12.1 Å². The van der Waals surface area contributed by atoms with Crippen LogP contribution in [0.3, 0.4) is 0 Å². The molecule has 0 saturated carbocycles. The van der Waals surface area contributed by atoms with Crippen LogP contribution in [0.25, 0.3) is 0 Å². The van der Waals surface area contributed by atoms with E-state index in [-0.39, 0.29) is 5.75 Å². The molecule has 0 aliphatic rings. The lowest BCUT2D eigenvalue weighted by Crippen LogP contribution is -2.15. The summed E-state index contributed by atoms with van der Waals surface area (Å²) in [5.41, 5.74) is 8.21. The van der Waals surface area contributed by atoms with Crippen molar-refractivity contribution in [2.24, 2.45) is 0 Å². The first kappa shape index (κ1) is 13.4. The number of anilines is 2. The van der Waals surface area contributed by atoms with Gasteiger partial charge in [-0.25, -0.2) is 8.42 Å². The smallest absolute Gasteiger partial charge is 0.236 e. The Hall–Kier alpha value is -2.08. The summed E-state index contributed by atoms with van der Waals surface area (Å²) in [6.07, 6.45) is 3.14. The van der Waals surface area contributed by atoms with Crippen LogP contribution in [0.15, 0.2) is 42.7 Å². The van der Waals surface area contributed by atoms with Gasteiger partial charge in [0.15, 0.2) is 0 Å². The Morgan fingerprint density at radius 1 is 1.21 bits per heavy atom. The number of aromatic nitrogens is 1. The van der Waals surface area contributed by atoms with E-state index in [2.05, 4.69) is 9.71 Å². The number of pyridine rings is 1. The number of nitrogens with one attached hydrogen (secondary N) is 1. The number of benzene rings is 1. The molecule has 0 saturated heterocycles. The second kappa shape index (κ2) is 5.27. The molecule has 100 valence electrons. The summed E-state index contributed by atoms with van der Waals surface area (Å²) >= 11 is 0. The van der Waals surface area contributed by atoms with Gasteiger partial charge in [0.25, 0.3) is 0 Å².